The summed E-state index contributed by atoms with van der Waals surface area (Å²) in [5.74, 6) is 1.48. The molecule has 1 unspecified atom stereocenters. The highest BCUT2D eigenvalue weighted by molar-refractivity contribution is 5.97. The Balaban J connectivity index is 1.57. The van der Waals surface area contributed by atoms with Crippen LogP contribution >= 0.6 is 0 Å². The van der Waals surface area contributed by atoms with E-state index in [2.05, 4.69) is 40.6 Å². The predicted molar refractivity (Wildman–Crippen MR) is 124 cm³/mol. The number of nitrogens with zero attached hydrogens (tertiary/aromatic N) is 2. The van der Waals surface area contributed by atoms with Gasteiger partial charge in [-0.2, -0.15) is 5.26 Å². The minimum atomic E-state index is -0.374. The van der Waals surface area contributed by atoms with E-state index in [0.29, 0.717) is 17.4 Å². The molecule has 1 N–H and O–H groups in total. The lowest BCUT2D eigenvalue weighted by molar-refractivity contribution is -0.117. The van der Waals surface area contributed by atoms with Crippen LogP contribution in [0.4, 0.5) is 0 Å². The maximum absolute atomic E-state index is 12.7. The van der Waals surface area contributed by atoms with E-state index >= 15 is 0 Å². The first kappa shape index (κ1) is 23.2. The zero-order chi connectivity index (χ0) is 22.9. The van der Waals surface area contributed by atoms with Crippen molar-refractivity contribution in [3.05, 3.63) is 71.4 Å². The molecular formula is C26H31N3O3. The normalized spacial score (nSPS) is 15.6. The molecule has 2 aromatic carbocycles. The number of hydrogen-bond acceptors (Lipinski definition) is 5. The molecule has 1 heterocycles. The Labute approximate surface area is 190 Å². The molecule has 1 amide bonds. The van der Waals surface area contributed by atoms with E-state index in [-0.39, 0.29) is 17.5 Å². The van der Waals surface area contributed by atoms with Crippen molar-refractivity contribution in [2.45, 2.75) is 32.2 Å². The highest BCUT2D eigenvalue weighted by Crippen LogP contribution is 2.30. The predicted octanol–water partition coefficient (Wildman–Crippen LogP) is 4.24. The van der Waals surface area contributed by atoms with Crippen LogP contribution in [0.2, 0.25) is 0 Å². The summed E-state index contributed by atoms with van der Waals surface area (Å²) in [6.07, 6.45) is 4.88. The monoisotopic (exact) mass is 433 g/mol. The Kier molecular flexibility index (Phi) is 8.15. The number of hydrogen-bond donors (Lipinski definition) is 1. The highest BCUT2D eigenvalue weighted by atomic mass is 16.5. The van der Waals surface area contributed by atoms with Gasteiger partial charge in [0, 0.05) is 19.3 Å². The van der Waals surface area contributed by atoms with E-state index in [1.165, 1.54) is 5.56 Å². The maximum atomic E-state index is 12.7. The third kappa shape index (κ3) is 6.04. The van der Waals surface area contributed by atoms with Crippen molar-refractivity contribution >= 4 is 5.91 Å². The molecule has 1 aliphatic heterocycles. The van der Waals surface area contributed by atoms with Crippen molar-refractivity contribution in [2.24, 2.45) is 5.92 Å². The fraction of sp³-hybridized carbons (Fsp3) is 0.385. The molecule has 1 atom stereocenters. The molecule has 1 aliphatic rings. The van der Waals surface area contributed by atoms with Gasteiger partial charge >= 0.3 is 0 Å². The summed E-state index contributed by atoms with van der Waals surface area (Å²) in [6, 6.07) is 17.8. The van der Waals surface area contributed by atoms with E-state index in [9.17, 15) is 10.1 Å². The van der Waals surface area contributed by atoms with E-state index in [4.69, 9.17) is 9.47 Å². The minimum absolute atomic E-state index is 0.124. The lowest BCUT2D eigenvalue weighted by atomic mass is 9.90. The van der Waals surface area contributed by atoms with E-state index in [1.807, 2.05) is 25.1 Å². The van der Waals surface area contributed by atoms with Gasteiger partial charge in [0.2, 0.25) is 0 Å². The first-order valence-corrected chi connectivity index (χ1v) is 11.0. The van der Waals surface area contributed by atoms with Crippen molar-refractivity contribution in [2.75, 3.05) is 27.3 Å². The Bertz CT molecular complexity index is 974. The van der Waals surface area contributed by atoms with Gasteiger partial charge in [0.15, 0.2) is 11.5 Å². The molecule has 32 heavy (non-hydrogen) atoms. The van der Waals surface area contributed by atoms with E-state index < -0.39 is 0 Å². The summed E-state index contributed by atoms with van der Waals surface area (Å²) in [7, 11) is 3.15. The molecule has 6 heteroatoms. The third-order valence-corrected chi connectivity index (χ3v) is 5.95. The van der Waals surface area contributed by atoms with Gasteiger partial charge in [0.1, 0.15) is 11.6 Å². The van der Waals surface area contributed by atoms with Crippen LogP contribution in [0.15, 0.2) is 60.3 Å². The molecule has 168 valence electrons. The summed E-state index contributed by atoms with van der Waals surface area (Å²) in [5, 5.41) is 12.5. The Morgan fingerprint density at radius 3 is 2.47 bits per heavy atom. The first-order valence-electron chi connectivity index (χ1n) is 11.0. The van der Waals surface area contributed by atoms with E-state index in [0.717, 1.165) is 37.9 Å². The second kappa shape index (κ2) is 11.2. The largest absolute Gasteiger partial charge is 0.493 e. The highest BCUT2D eigenvalue weighted by Gasteiger charge is 2.20. The van der Waals surface area contributed by atoms with Crippen LogP contribution in [0.5, 0.6) is 11.5 Å². The molecular weight excluding hydrogens is 402 g/mol. The molecule has 2 aromatic rings. The summed E-state index contributed by atoms with van der Waals surface area (Å²) >= 11 is 0. The van der Waals surface area contributed by atoms with Gasteiger partial charge in [-0.25, -0.2) is 0 Å². The number of amides is 1. The number of ether oxygens (including phenoxy) is 2. The Morgan fingerprint density at radius 1 is 1.16 bits per heavy atom. The molecule has 0 aliphatic carbocycles. The third-order valence-electron chi connectivity index (χ3n) is 5.95. The SMILES string of the molecule is COc1ccc(C(C)NC(=O)/C(C#N)=C\N2CCC(Cc3ccccc3)CC2)cc1OC. The van der Waals surface area contributed by atoms with Crippen LogP contribution in [0.3, 0.4) is 0 Å². The number of carbonyl (C=O) groups is 1. The first-order chi connectivity index (χ1) is 15.5. The van der Waals surface area contributed by atoms with Crippen LogP contribution in [-0.4, -0.2) is 38.1 Å². The number of rotatable bonds is 8. The number of nitriles is 1. The van der Waals surface area contributed by atoms with Crippen molar-refractivity contribution in [3.8, 4) is 17.6 Å². The van der Waals surface area contributed by atoms with E-state index in [1.54, 1.807) is 26.5 Å². The van der Waals surface area contributed by atoms with Gasteiger partial charge in [-0.1, -0.05) is 36.4 Å². The molecule has 0 aromatic heterocycles. The van der Waals surface area contributed by atoms with Gasteiger partial charge in [0.25, 0.3) is 5.91 Å². The average Bonchev–Trinajstić information content (AvgIpc) is 2.83. The van der Waals surface area contributed by atoms with Crippen LogP contribution in [0, 0.1) is 17.2 Å². The van der Waals surface area contributed by atoms with Gasteiger partial charge in [-0.15, -0.1) is 0 Å². The molecule has 0 spiro atoms. The van der Waals surface area contributed by atoms with Crippen LogP contribution in [-0.2, 0) is 11.2 Å². The average molecular weight is 434 g/mol. The molecule has 1 saturated heterocycles. The topological polar surface area (TPSA) is 74.6 Å². The Hall–Kier alpha value is -3.46. The second-order valence-electron chi connectivity index (χ2n) is 8.13. The zero-order valence-electron chi connectivity index (χ0n) is 19.0. The summed E-state index contributed by atoms with van der Waals surface area (Å²) in [6.45, 7) is 3.58. The van der Waals surface area contributed by atoms with Crippen molar-refractivity contribution < 1.29 is 14.3 Å². The molecule has 3 rings (SSSR count). The number of benzene rings is 2. The summed E-state index contributed by atoms with van der Waals surface area (Å²) in [5.41, 5.74) is 2.36. The molecule has 1 fully saturated rings. The number of likely N-dealkylation sites (tertiary alicyclic amines) is 1. The standard InChI is InChI=1S/C26H31N3O3/c1-19(22-9-10-24(31-2)25(16-22)32-3)28-26(30)23(17-27)18-29-13-11-21(12-14-29)15-20-7-5-4-6-8-20/h4-10,16,18-19,21H,11-15H2,1-3H3,(H,28,30)/b23-18-. The smallest absolute Gasteiger partial charge is 0.263 e. The van der Waals surface area contributed by atoms with Gasteiger partial charge < -0.3 is 19.7 Å². The van der Waals surface area contributed by atoms with Crippen molar-refractivity contribution in [3.63, 3.8) is 0 Å². The van der Waals surface area contributed by atoms with Gasteiger partial charge in [0.05, 0.1) is 20.3 Å². The molecule has 0 bridgehead atoms. The van der Waals surface area contributed by atoms with Crippen LogP contribution in [0.1, 0.15) is 36.9 Å². The number of methoxy groups -OCH3 is 2. The summed E-state index contributed by atoms with van der Waals surface area (Å²) < 4.78 is 10.6. The quantitative estimate of drug-likeness (QED) is 0.498. The second-order valence-corrected chi connectivity index (χ2v) is 8.13. The van der Waals surface area contributed by atoms with Crippen LogP contribution < -0.4 is 14.8 Å². The molecule has 0 saturated carbocycles. The minimum Gasteiger partial charge on any atom is -0.493 e. The number of nitrogens with one attached hydrogen (secondary N) is 1. The molecule has 0 radical (unpaired) electrons. The lowest BCUT2D eigenvalue weighted by Gasteiger charge is -2.31. The van der Waals surface area contributed by atoms with Gasteiger partial charge in [-0.3, -0.25) is 4.79 Å². The van der Waals surface area contributed by atoms with Crippen LogP contribution in [0.25, 0.3) is 0 Å². The fourth-order valence-electron chi connectivity index (χ4n) is 4.03. The van der Waals surface area contributed by atoms with Gasteiger partial charge in [-0.05, 0) is 55.4 Å². The lowest BCUT2D eigenvalue weighted by Crippen LogP contribution is -2.33. The van der Waals surface area contributed by atoms with Crippen molar-refractivity contribution in [1.29, 1.82) is 5.26 Å². The fourth-order valence-corrected chi connectivity index (χ4v) is 4.03. The maximum Gasteiger partial charge on any atom is 0.263 e. The molecule has 6 nitrogen and oxygen atoms in total. The Morgan fingerprint density at radius 2 is 1.84 bits per heavy atom. The number of piperidine rings is 1. The number of carbonyl (C=O) groups excluding carboxylic acids is 1. The summed E-state index contributed by atoms with van der Waals surface area (Å²) in [4.78, 5) is 14.8. The van der Waals surface area contributed by atoms with Crippen molar-refractivity contribution in [1.82, 2.24) is 10.2 Å². The zero-order valence-corrected chi connectivity index (χ0v) is 19.0.